The second-order valence-electron chi connectivity index (χ2n) is 17.3. The lowest BCUT2D eigenvalue weighted by molar-refractivity contribution is 1.13. The molecule has 270 valence electrons. The van der Waals surface area contributed by atoms with Crippen LogP contribution in [-0.4, -0.2) is 35.5 Å². The lowest BCUT2D eigenvalue weighted by atomic mass is 10.4. The Morgan fingerprint density at radius 3 is 0.273 bits per heavy atom. The molecule has 0 bridgehead atoms. The van der Waals surface area contributed by atoms with Crippen LogP contribution in [0.4, 0.5) is 0 Å². The summed E-state index contributed by atoms with van der Waals surface area (Å²) in [4.78, 5) is 0. The van der Waals surface area contributed by atoms with Gasteiger partial charge in [0.25, 0.3) is 0 Å². The largest absolute Gasteiger partial charge is 0.0809 e. The van der Waals surface area contributed by atoms with Gasteiger partial charge in [-0.1, -0.05) is 243 Å². The highest BCUT2D eigenvalue weighted by atomic mass is 30.2. The van der Waals surface area contributed by atoms with E-state index in [4.69, 9.17) is 0 Å². The van der Waals surface area contributed by atoms with Gasteiger partial charge in [0.05, 0.1) is 35.5 Å². The molecule has 0 N–H and O–H groups in total. The van der Waals surface area contributed by atoms with Crippen molar-refractivity contribution in [1.82, 2.24) is 0 Å². The molecular formula is C50H50Si5. The van der Waals surface area contributed by atoms with E-state index in [0.29, 0.717) is 55.4 Å². The molecule has 0 unspecified atom stereocenters. The molecule has 55 heavy (non-hydrogen) atoms. The van der Waals surface area contributed by atoms with Crippen molar-refractivity contribution >= 4 is 35.5 Å². The molecule has 0 spiro atoms. The summed E-state index contributed by atoms with van der Waals surface area (Å²) in [6, 6.07) is 0. The van der Waals surface area contributed by atoms with Crippen LogP contribution in [-0.2, 0) is 0 Å². The smallest absolute Gasteiger partial charge is 0.0653 e. The molecule has 10 aliphatic carbocycles. The lowest BCUT2D eigenvalue weighted by Gasteiger charge is -2.65. The summed E-state index contributed by atoms with van der Waals surface area (Å²) in [5.74, 6) is 0. The van der Waals surface area contributed by atoms with Crippen molar-refractivity contribution < 1.29 is 0 Å². The SMILES string of the molecule is C1=CC([Si]2(C3C=CC=C3)[Si](C3C=CC=C3)(C3C=CC=C3)[Si](C3C=CC=C3)(C3C=CC=C3)[Si](C3C=CC=C3)(C3C=CC=C3)[Si]2(C2C=CC=C2)C2C=CC=C2)C=C1. The summed E-state index contributed by atoms with van der Waals surface area (Å²) in [5.41, 5.74) is 4.78. The van der Waals surface area contributed by atoms with Crippen molar-refractivity contribution in [2.45, 2.75) is 55.4 Å². The first-order valence-corrected chi connectivity index (χ1v) is 36.6. The molecule has 0 saturated carbocycles. The van der Waals surface area contributed by atoms with Crippen LogP contribution < -0.4 is 0 Å². The summed E-state index contributed by atoms with van der Waals surface area (Å²) >= 11 is 0. The summed E-state index contributed by atoms with van der Waals surface area (Å²) in [7, 11) is -13.8. The summed E-state index contributed by atoms with van der Waals surface area (Å²) in [6.07, 6.45) is 106. The van der Waals surface area contributed by atoms with Crippen LogP contribution in [0.5, 0.6) is 0 Å². The molecule has 0 aromatic carbocycles. The quantitative estimate of drug-likeness (QED) is 0.193. The first-order chi connectivity index (χ1) is 27.3. The molecule has 0 atom stereocenters. The van der Waals surface area contributed by atoms with Crippen LogP contribution in [0.1, 0.15) is 0 Å². The van der Waals surface area contributed by atoms with E-state index >= 15 is 0 Å². The highest BCUT2D eigenvalue weighted by Crippen LogP contribution is 2.82. The van der Waals surface area contributed by atoms with Gasteiger partial charge in [-0.15, -0.1) is 0 Å². The first kappa shape index (κ1) is 34.2. The van der Waals surface area contributed by atoms with Crippen molar-refractivity contribution in [2.75, 3.05) is 0 Å². The van der Waals surface area contributed by atoms with E-state index in [1.165, 1.54) is 0 Å². The third-order valence-electron chi connectivity index (χ3n) is 16.2. The maximum atomic E-state index is 2.80. The summed E-state index contributed by atoms with van der Waals surface area (Å²) in [6.45, 7) is 0. The third-order valence-corrected chi connectivity index (χ3v) is 126. The van der Waals surface area contributed by atoms with E-state index in [0.717, 1.165) is 0 Å². The fraction of sp³-hybridized carbons (Fsp3) is 0.200. The summed E-state index contributed by atoms with van der Waals surface area (Å²) in [5, 5.41) is 0. The van der Waals surface area contributed by atoms with Gasteiger partial charge in [-0.05, 0) is 55.4 Å². The highest BCUT2D eigenvalue weighted by Gasteiger charge is 2.98. The van der Waals surface area contributed by atoms with Crippen LogP contribution in [0.3, 0.4) is 0 Å². The number of hydrogen-bond acceptors (Lipinski definition) is 0. The Morgan fingerprint density at radius 2 is 0.200 bits per heavy atom. The zero-order valence-corrected chi connectivity index (χ0v) is 36.4. The Kier molecular flexibility index (Phi) is 8.05. The van der Waals surface area contributed by atoms with Gasteiger partial charge >= 0.3 is 0 Å². The highest BCUT2D eigenvalue weighted by molar-refractivity contribution is 8.16. The number of allylic oxidation sites excluding steroid dienone is 40. The Hall–Kier alpha value is -4.12. The monoisotopic (exact) mass is 790 g/mol. The Morgan fingerprint density at radius 1 is 0.127 bits per heavy atom. The predicted molar refractivity (Wildman–Crippen MR) is 249 cm³/mol. The minimum Gasteiger partial charge on any atom is -0.0809 e. The van der Waals surface area contributed by atoms with Gasteiger partial charge in [0.2, 0.25) is 0 Å². The van der Waals surface area contributed by atoms with E-state index in [1.54, 1.807) is 0 Å². The van der Waals surface area contributed by atoms with Crippen molar-refractivity contribution in [3.63, 3.8) is 0 Å². The molecular weight excluding hydrogens is 741 g/mol. The molecule has 0 radical (unpaired) electrons. The molecule has 0 aromatic rings. The number of rotatable bonds is 10. The van der Waals surface area contributed by atoms with E-state index < -0.39 is 35.5 Å². The molecule has 0 amide bonds. The molecule has 0 nitrogen and oxygen atoms in total. The average Bonchev–Trinajstić information content (AvgIpc) is 4.10. The van der Waals surface area contributed by atoms with Gasteiger partial charge in [0.15, 0.2) is 0 Å². The fourth-order valence-electron chi connectivity index (χ4n) is 15.7. The van der Waals surface area contributed by atoms with E-state index in [9.17, 15) is 0 Å². The molecule has 0 aromatic heterocycles. The van der Waals surface area contributed by atoms with Crippen LogP contribution in [0.2, 0.25) is 55.4 Å². The zero-order chi connectivity index (χ0) is 36.6. The van der Waals surface area contributed by atoms with Crippen molar-refractivity contribution in [3.05, 3.63) is 243 Å². The molecule has 1 heterocycles. The van der Waals surface area contributed by atoms with Crippen LogP contribution in [0.25, 0.3) is 0 Å². The minimum atomic E-state index is -2.75. The van der Waals surface area contributed by atoms with Crippen molar-refractivity contribution in [1.29, 1.82) is 0 Å². The van der Waals surface area contributed by atoms with Gasteiger partial charge < -0.3 is 0 Å². The molecule has 11 rings (SSSR count). The molecule has 1 aliphatic heterocycles. The lowest BCUT2D eigenvalue weighted by Crippen LogP contribution is -2.84. The van der Waals surface area contributed by atoms with Gasteiger partial charge in [0.1, 0.15) is 0 Å². The maximum absolute atomic E-state index is 2.80. The van der Waals surface area contributed by atoms with Crippen molar-refractivity contribution in [3.8, 4) is 0 Å². The minimum absolute atomic E-state index is 0.478. The number of hydrogen-bond donors (Lipinski definition) is 0. The topological polar surface area (TPSA) is 0 Å². The third kappa shape index (κ3) is 3.92. The standard InChI is InChI=1S/C50H50Si5/c1-2-22-41(21-1)51(42-23-3-4-24-42)52(43-25-5-6-26-43,44-27-7-8-28-44)54(47-33-13-14-34-47,48-35-15-16-36-48)55(49-37-17-18-38-49,50-39-19-20-40-50)53(51,45-29-9-10-30-45)46-31-11-12-32-46/h1-50H. The van der Waals surface area contributed by atoms with E-state index in [2.05, 4.69) is 243 Å². The normalized spacial score (nSPS) is 30.2. The Bertz CT molecular complexity index is 1630. The van der Waals surface area contributed by atoms with Gasteiger partial charge in [-0.3, -0.25) is 0 Å². The van der Waals surface area contributed by atoms with Crippen LogP contribution in [0, 0.1) is 0 Å². The maximum Gasteiger partial charge on any atom is 0.0653 e. The molecule has 1 saturated heterocycles. The molecule has 1 fully saturated rings. The van der Waals surface area contributed by atoms with E-state index in [1.807, 2.05) is 0 Å². The Balaban J connectivity index is 1.50. The second kappa shape index (κ2) is 13.0. The predicted octanol–water partition coefficient (Wildman–Crippen LogP) is 12.6. The van der Waals surface area contributed by atoms with Crippen molar-refractivity contribution in [2.24, 2.45) is 0 Å². The molecule has 5 heteroatoms. The van der Waals surface area contributed by atoms with Crippen LogP contribution in [0.15, 0.2) is 243 Å². The molecule has 11 aliphatic rings. The van der Waals surface area contributed by atoms with Gasteiger partial charge in [0, 0.05) is 0 Å². The zero-order valence-electron chi connectivity index (χ0n) is 31.4. The van der Waals surface area contributed by atoms with Gasteiger partial charge in [-0.25, -0.2) is 0 Å². The average molecular weight is 791 g/mol. The van der Waals surface area contributed by atoms with Crippen LogP contribution >= 0.6 is 0 Å². The first-order valence-electron chi connectivity index (χ1n) is 20.8. The van der Waals surface area contributed by atoms with Gasteiger partial charge in [-0.2, -0.15) is 0 Å². The fourth-order valence-corrected chi connectivity index (χ4v) is 229. The van der Waals surface area contributed by atoms with E-state index in [-0.39, 0.29) is 0 Å². The summed E-state index contributed by atoms with van der Waals surface area (Å²) < 4.78 is 0. The Labute approximate surface area is 332 Å². The second-order valence-corrected chi connectivity index (χ2v) is 65.0.